The van der Waals surface area contributed by atoms with Gasteiger partial charge in [-0.1, -0.05) is 43.5 Å². The Morgan fingerprint density at radius 2 is 1.76 bits per heavy atom. The molecule has 2 nitrogen and oxygen atoms in total. The van der Waals surface area contributed by atoms with Crippen LogP contribution in [0, 0.1) is 0 Å². The van der Waals surface area contributed by atoms with Gasteiger partial charge < -0.3 is 0 Å². The highest BCUT2D eigenvalue weighted by Crippen LogP contribution is 2.18. The van der Waals surface area contributed by atoms with E-state index in [2.05, 4.69) is 41.9 Å². The molecule has 0 spiro atoms. The van der Waals surface area contributed by atoms with E-state index in [4.69, 9.17) is 0 Å². The first-order chi connectivity index (χ1) is 10.3. The molecule has 2 rings (SSSR count). The van der Waals surface area contributed by atoms with Crippen molar-refractivity contribution in [2.45, 2.75) is 44.9 Å². The van der Waals surface area contributed by atoms with E-state index in [0.29, 0.717) is 12.2 Å². The molecule has 0 aliphatic carbocycles. The first kappa shape index (κ1) is 16.0. The van der Waals surface area contributed by atoms with Crippen molar-refractivity contribution in [2.24, 2.45) is 0 Å². The maximum Gasteiger partial charge on any atom is 0.142 e. The third kappa shape index (κ3) is 5.16. The highest BCUT2D eigenvalue weighted by atomic mass is 32.1. The molecule has 0 unspecified atom stereocenters. The number of hydrogen-bond donors (Lipinski definition) is 1. The molecule has 0 radical (unpaired) electrons. The van der Waals surface area contributed by atoms with Crippen LogP contribution in [0.5, 0.6) is 0 Å². The van der Waals surface area contributed by atoms with Crippen molar-refractivity contribution in [1.29, 1.82) is 0 Å². The summed E-state index contributed by atoms with van der Waals surface area (Å²) < 4.78 is 0. The van der Waals surface area contributed by atoms with Gasteiger partial charge in [0.1, 0.15) is 5.78 Å². The fourth-order valence-corrected chi connectivity index (χ4v) is 2.77. The average Bonchev–Trinajstić information content (AvgIpc) is 2.53. The van der Waals surface area contributed by atoms with Crippen LogP contribution >= 0.6 is 12.6 Å². The van der Waals surface area contributed by atoms with Crippen LogP contribution in [0.4, 0.5) is 0 Å². The molecule has 1 aromatic carbocycles. The van der Waals surface area contributed by atoms with E-state index in [9.17, 15) is 4.79 Å². The maximum atomic E-state index is 11.1. The molecule has 0 atom stereocenters. The molecule has 0 bridgehead atoms. The van der Waals surface area contributed by atoms with Crippen molar-refractivity contribution in [2.75, 3.05) is 5.75 Å². The number of benzene rings is 1. The van der Waals surface area contributed by atoms with Crippen LogP contribution in [0.25, 0.3) is 10.9 Å². The summed E-state index contributed by atoms with van der Waals surface area (Å²) in [6.07, 6.45) is 9.42. The predicted molar refractivity (Wildman–Crippen MR) is 92.0 cm³/mol. The lowest BCUT2D eigenvalue weighted by Gasteiger charge is -2.05. The number of unbranched alkanes of at least 4 members (excludes halogenated alkanes) is 4. The van der Waals surface area contributed by atoms with Gasteiger partial charge in [0, 0.05) is 23.8 Å². The number of ketones is 1. The lowest BCUT2D eigenvalue weighted by atomic mass is 10.0. The van der Waals surface area contributed by atoms with E-state index in [0.717, 1.165) is 24.8 Å². The number of fused-ring (bicyclic) bond motifs is 1. The molecular formula is C18H23NOS. The fourth-order valence-electron chi connectivity index (χ4n) is 2.62. The van der Waals surface area contributed by atoms with Crippen molar-refractivity contribution < 1.29 is 4.79 Å². The molecule has 2 aromatic rings. The number of carbonyl (C=O) groups is 1. The third-order valence-electron chi connectivity index (χ3n) is 3.79. The topological polar surface area (TPSA) is 30.0 Å². The summed E-state index contributed by atoms with van der Waals surface area (Å²) in [7, 11) is 0. The standard InChI is InChI=1S/C18H23NOS/c20-17(14-21)12-5-3-1-2-4-8-15-9-6-10-16-11-7-13-19-18(15)16/h6-7,9-11,13,21H,1-5,8,12,14H2. The Kier molecular flexibility index (Phi) is 6.74. The molecule has 0 N–H and O–H groups in total. The number of thiol groups is 1. The maximum absolute atomic E-state index is 11.1. The van der Waals surface area contributed by atoms with Gasteiger partial charge in [-0.05, 0) is 30.9 Å². The van der Waals surface area contributed by atoms with Crippen LogP contribution < -0.4 is 0 Å². The van der Waals surface area contributed by atoms with Gasteiger partial charge in [-0.25, -0.2) is 0 Å². The molecule has 112 valence electrons. The van der Waals surface area contributed by atoms with Gasteiger partial charge in [-0.15, -0.1) is 0 Å². The molecule has 0 saturated carbocycles. The normalized spacial score (nSPS) is 10.9. The van der Waals surface area contributed by atoms with E-state index in [-0.39, 0.29) is 5.78 Å². The first-order valence-electron chi connectivity index (χ1n) is 7.76. The number of rotatable bonds is 9. The fraction of sp³-hybridized carbons (Fsp3) is 0.444. The Morgan fingerprint density at radius 1 is 1.00 bits per heavy atom. The Bertz CT molecular complexity index is 577. The van der Waals surface area contributed by atoms with Crippen molar-refractivity contribution in [3.8, 4) is 0 Å². The van der Waals surface area contributed by atoms with E-state index >= 15 is 0 Å². The molecule has 1 heterocycles. The van der Waals surface area contributed by atoms with Crippen molar-refractivity contribution >= 4 is 29.3 Å². The predicted octanol–water partition coefficient (Wildman–Crippen LogP) is 4.62. The molecule has 0 amide bonds. The molecule has 0 aliphatic rings. The van der Waals surface area contributed by atoms with Crippen molar-refractivity contribution in [3.63, 3.8) is 0 Å². The Hall–Kier alpha value is -1.35. The lowest BCUT2D eigenvalue weighted by molar-refractivity contribution is -0.116. The van der Waals surface area contributed by atoms with Gasteiger partial charge in [-0.2, -0.15) is 12.6 Å². The number of para-hydroxylation sites is 1. The minimum Gasteiger partial charge on any atom is -0.299 e. The Morgan fingerprint density at radius 3 is 2.62 bits per heavy atom. The van der Waals surface area contributed by atoms with E-state index in [1.165, 1.54) is 30.2 Å². The minimum atomic E-state index is 0.264. The number of aryl methyl sites for hydroxylation is 1. The zero-order valence-corrected chi connectivity index (χ0v) is 13.3. The van der Waals surface area contributed by atoms with Crippen molar-refractivity contribution in [1.82, 2.24) is 4.98 Å². The summed E-state index contributed by atoms with van der Waals surface area (Å²) in [6.45, 7) is 0. The second-order valence-electron chi connectivity index (χ2n) is 5.46. The van der Waals surface area contributed by atoms with Crippen LogP contribution in [0.3, 0.4) is 0 Å². The van der Waals surface area contributed by atoms with Crippen LogP contribution in [0.15, 0.2) is 36.5 Å². The highest BCUT2D eigenvalue weighted by Gasteiger charge is 2.02. The summed E-state index contributed by atoms with van der Waals surface area (Å²) in [5, 5.41) is 1.22. The first-order valence-corrected chi connectivity index (χ1v) is 8.39. The molecule has 21 heavy (non-hydrogen) atoms. The molecule has 0 aliphatic heterocycles. The molecule has 1 aromatic heterocycles. The summed E-state index contributed by atoms with van der Waals surface area (Å²) in [5.74, 6) is 0.647. The van der Waals surface area contributed by atoms with Crippen molar-refractivity contribution in [3.05, 3.63) is 42.1 Å². The minimum absolute atomic E-state index is 0.264. The zero-order chi connectivity index (χ0) is 14.9. The van der Waals surface area contributed by atoms with Gasteiger partial charge in [0.05, 0.1) is 5.52 Å². The van der Waals surface area contributed by atoms with Crippen LogP contribution in [-0.2, 0) is 11.2 Å². The van der Waals surface area contributed by atoms with E-state index in [1.54, 1.807) is 0 Å². The van der Waals surface area contributed by atoms with Gasteiger partial charge in [0.2, 0.25) is 0 Å². The molecular weight excluding hydrogens is 278 g/mol. The Labute approximate surface area is 132 Å². The van der Waals surface area contributed by atoms with Gasteiger partial charge in [0.15, 0.2) is 0 Å². The smallest absolute Gasteiger partial charge is 0.142 e. The zero-order valence-electron chi connectivity index (χ0n) is 12.4. The monoisotopic (exact) mass is 301 g/mol. The average molecular weight is 301 g/mol. The second kappa shape index (κ2) is 8.83. The van der Waals surface area contributed by atoms with Crippen LogP contribution in [-0.4, -0.2) is 16.5 Å². The summed E-state index contributed by atoms with van der Waals surface area (Å²) in [4.78, 5) is 15.6. The van der Waals surface area contributed by atoms with Gasteiger partial charge in [-0.3, -0.25) is 9.78 Å². The largest absolute Gasteiger partial charge is 0.299 e. The summed E-state index contributed by atoms with van der Waals surface area (Å²) >= 11 is 3.99. The highest BCUT2D eigenvalue weighted by molar-refractivity contribution is 7.81. The molecule has 3 heteroatoms. The SMILES string of the molecule is O=C(CS)CCCCCCCc1cccc2cccnc12. The van der Waals surface area contributed by atoms with Crippen LogP contribution in [0.2, 0.25) is 0 Å². The number of Topliss-reactive ketones (excluding diaryl/α,β-unsaturated/α-hetero) is 1. The number of pyridine rings is 1. The third-order valence-corrected chi connectivity index (χ3v) is 4.15. The van der Waals surface area contributed by atoms with Gasteiger partial charge >= 0.3 is 0 Å². The lowest BCUT2D eigenvalue weighted by Crippen LogP contribution is -1.98. The number of hydrogen-bond acceptors (Lipinski definition) is 3. The van der Waals surface area contributed by atoms with E-state index in [1.807, 2.05) is 12.3 Å². The number of nitrogens with zero attached hydrogens (tertiary/aromatic N) is 1. The number of aromatic nitrogens is 1. The van der Waals surface area contributed by atoms with E-state index < -0.39 is 0 Å². The Balaban J connectivity index is 1.70. The summed E-state index contributed by atoms with van der Waals surface area (Å²) in [5.41, 5.74) is 2.48. The molecule has 0 fully saturated rings. The second-order valence-corrected chi connectivity index (χ2v) is 5.77. The molecule has 0 saturated heterocycles. The van der Waals surface area contributed by atoms with Crippen LogP contribution in [0.1, 0.15) is 44.1 Å². The van der Waals surface area contributed by atoms with Gasteiger partial charge in [0.25, 0.3) is 0 Å². The number of carbonyl (C=O) groups excluding carboxylic acids is 1. The summed E-state index contributed by atoms with van der Waals surface area (Å²) in [6, 6.07) is 10.5. The quantitative estimate of drug-likeness (QED) is 0.541.